The summed E-state index contributed by atoms with van der Waals surface area (Å²) in [5, 5.41) is 0. The van der Waals surface area contributed by atoms with Gasteiger partial charge in [0.2, 0.25) is 11.2 Å². The lowest BCUT2D eigenvalue weighted by molar-refractivity contribution is 0.0513. The monoisotopic (exact) mass is 277 g/mol. The van der Waals surface area contributed by atoms with Gasteiger partial charge in [0.25, 0.3) is 5.91 Å². The van der Waals surface area contributed by atoms with E-state index in [1.807, 2.05) is 4.90 Å². The number of hydrogen-bond donors (Lipinski definition) is 0. The molecule has 5 nitrogen and oxygen atoms in total. The van der Waals surface area contributed by atoms with Crippen LogP contribution in [0.5, 0.6) is 5.75 Å². The van der Waals surface area contributed by atoms with E-state index in [2.05, 4.69) is 0 Å². The number of carbonyl (C=O) groups is 1. The molecule has 1 aromatic heterocycles. The summed E-state index contributed by atoms with van der Waals surface area (Å²) in [6, 6.07) is 1.56. The molecular formula is C15H19NO4. The van der Waals surface area contributed by atoms with Crippen molar-refractivity contribution in [2.24, 2.45) is 5.92 Å². The van der Waals surface area contributed by atoms with Crippen molar-refractivity contribution in [1.82, 2.24) is 4.90 Å². The molecule has 2 aliphatic rings. The van der Waals surface area contributed by atoms with Gasteiger partial charge in [-0.3, -0.25) is 9.59 Å². The van der Waals surface area contributed by atoms with E-state index in [1.54, 1.807) is 0 Å². The van der Waals surface area contributed by atoms with Gasteiger partial charge >= 0.3 is 0 Å². The number of rotatable bonds is 2. The summed E-state index contributed by atoms with van der Waals surface area (Å²) < 4.78 is 10.1. The van der Waals surface area contributed by atoms with Crippen molar-refractivity contribution < 1.29 is 13.9 Å². The van der Waals surface area contributed by atoms with Crippen LogP contribution in [0.2, 0.25) is 0 Å². The second-order valence-electron chi connectivity index (χ2n) is 5.58. The molecule has 1 aromatic rings. The first kappa shape index (κ1) is 13.2. The highest BCUT2D eigenvalue weighted by Gasteiger charge is 2.38. The number of amides is 1. The van der Waals surface area contributed by atoms with Crippen molar-refractivity contribution >= 4 is 5.91 Å². The molecule has 0 N–H and O–H groups in total. The Bertz CT molecular complexity index is 565. The van der Waals surface area contributed by atoms with Crippen LogP contribution in [-0.2, 0) is 0 Å². The maximum atomic E-state index is 12.5. The molecule has 2 fully saturated rings. The number of fused-ring (bicyclic) bond motifs is 1. The predicted octanol–water partition coefficient (Wildman–Crippen LogP) is 2.05. The molecule has 2 heterocycles. The maximum Gasteiger partial charge on any atom is 0.289 e. The Kier molecular flexibility index (Phi) is 3.51. The van der Waals surface area contributed by atoms with Crippen LogP contribution < -0.4 is 10.2 Å². The van der Waals surface area contributed by atoms with Gasteiger partial charge in [0.15, 0.2) is 5.76 Å². The molecule has 0 bridgehead atoms. The molecule has 5 heteroatoms. The molecule has 3 rings (SSSR count). The fourth-order valence-electron chi connectivity index (χ4n) is 3.51. The highest BCUT2D eigenvalue weighted by molar-refractivity contribution is 5.91. The van der Waals surface area contributed by atoms with Gasteiger partial charge in [-0.2, -0.15) is 0 Å². The first-order valence-corrected chi connectivity index (χ1v) is 7.18. The van der Waals surface area contributed by atoms with E-state index < -0.39 is 0 Å². The van der Waals surface area contributed by atoms with Gasteiger partial charge in [-0.15, -0.1) is 0 Å². The number of hydrogen-bond acceptors (Lipinski definition) is 4. The van der Waals surface area contributed by atoms with Crippen molar-refractivity contribution in [3.8, 4) is 5.75 Å². The molecular weight excluding hydrogens is 258 g/mol. The Hall–Kier alpha value is -1.78. The third-order valence-corrected chi connectivity index (χ3v) is 4.48. The van der Waals surface area contributed by atoms with E-state index in [1.165, 1.54) is 38.7 Å². The summed E-state index contributed by atoms with van der Waals surface area (Å²) >= 11 is 0. The van der Waals surface area contributed by atoms with E-state index in [4.69, 9.17) is 9.15 Å². The topological polar surface area (TPSA) is 59.8 Å². The number of nitrogens with zero attached hydrogens (tertiary/aromatic N) is 1. The summed E-state index contributed by atoms with van der Waals surface area (Å²) in [7, 11) is 1.40. The summed E-state index contributed by atoms with van der Waals surface area (Å²) in [4.78, 5) is 26.2. The van der Waals surface area contributed by atoms with Crippen molar-refractivity contribution in [1.29, 1.82) is 0 Å². The number of methoxy groups -OCH3 is 1. The smallest absolute Gasteiger partial charge is 0.289 e. The molecule has 1 amide bonds. The molecule has 108 valence electrons. The minimum absolute atomic E-state index is 0.114. The summed E-state index contributed by atoms with van der Waals surface area (Å²) in [6.45, 7) is 0.760. The van der Waals surface area contributed by atoms with Crippen LogP contribution in [0.1, 0.15) is 42.7 Å². The lowest BCUT2D eigenvalue weighted by Crippen LogP contribution is -2.46. The fourth-order valence-corrected chi connectivity index (χ4v) is 3.51. The standard InChI is InChI=1S/C15H19NO4/c1-19-14-9-20-13(8-12(14)17)15(18)16-7-3-5-10-4-2-6-11(10)16/h8-11H,2-7H2,1H3/t10-,11+/m1/s1. The summed E-state index contributed by atoms with van der Waals surface area (Å²) in [5.41, 5.74) is -0.318. The maximum absolute atomic E-state index is 12.5. The highest BCUT2D eigenvalue weighted by atomic mass is 16.5. The molecule has 1 aliphatic heterocycles. The number of ether oxygens (including phenoxy) is 1. The van der Waals surface area contributed by atoms with Gasteiger partial charge in [0, 0.05) is 18.7 Å². The molecule has 0 unspecified atom stereocenters. The first-order valence-electron chi connectivity index (χ1n) is 7.18. The Morgan fingerprint density at radius 1 is 1.35 bits per heavy atom. The lowest BCUT2D eigenvalue weighted by atomic mass is 9.92. The van der Waals surface area contributed by atoms with Gasteiger partial charge in [-0.25, -0.2) is 0 Å². The normalized spacial score (nSPS) is 25.4. The number of carbonyl (C=O) groups excluding carboxylic acids is 1. The second-order valence-corrected chi connectivity index (χ2v) is 5.58. The molecule has 20 heavy (non-hydrogen) atoms. The minimum Gasteiger partial charge on any atom is -0.490 e. The van der Waals surface area contributed by atoms with Crippen molar-refractivity contribution in [2.45, 2.75) is 38.1 Å². The summed E-state index contributed by atoms with van der Waals surface area (Å²) in [5.74, 6) is 0.696. The SMILES string of the molecule is COc1coc(C(=O)N2CCC[C@H]3CCC[C@@H]32)cc1=O. The zero-order chi connectivity index (χ0) is 14.1. The second kappa shape index (κ2) is 5.31. The Balaban J connectivity index is 1.84. The van der Waals surface area contributed by atoms with Gasteiger partial charge in [-0.1, -0.05) is 6.42 Å². The third kappa shape index (κ3) is 2.21. The molecule has 0 aromatic carbocycles. The third-order valence-electron chi connectivity index (χ3n) is 4.48. The molecule has 0 spiro atoms. The van der Waals surface area contributed by atoms with Crippen molar-refractivity contribution in [3.05, 3.63) is 28.3 Å². The van der Waals surface area contributed by atoms with Gasteiger partial charge in [0.1, 0.15) is 6.26 Å². The van der Waals surface area contributed by atoms with E-state index >= 15 is 0 Å². The Morgan fingerprint density at radius 3 is 2.90 bits per heavy atom. The van der Waals surface area contributed by atoms with Crippen LogP contribution in [0.3, 0.4) is 0 Å². The van der Waals surface area contributed by atoms with E-state index in [0.717, 1.165) is 19.4 Å². The van der Waals surface area contributed by atoms with Crippen LogP contribution in [0.25, 0.3) is 0 Å². The molecule has 0 radical (unpaired) electrons. The zero-order valence-electron chi connectivity index (χ0n) is 11.6. The average Bonchev–Trinajstić information content (AvgIpc) is 2.94. The fraction of sp³-hybridized carbons (Fsp3) is 0.600. The zero-order valence-corrected chi connectivity index (χ0v) is 11.6. The Morgan fingerprint density at radius 2 is 2.15 bits per heavy atom. The van der Waals surface area contributed by atoms with Crippen LogP contribution in [-0.4, -0.2) is 30.5 Å². The highest BCUT2D eigenvalue weighted by Crippen LogP contribution is 2.37. The molecule has 1 saturated carbocycles. The van der Waals surface area contributed by atoms with Crippen LogP contribution in [0, 0.1) is 5.92 Å². The summed E-state index contributed by atoms with van der Waals surface area (Å²) in [6.07, 6.45) is 6.92. The minimum atomic E-state index is -0.318. The molecule has 1 aliphatic carbocycles. The van der Waals surface area contributed by atoms with Gasteiger partial charge in [-0.05, 0) is 31.6 Å². The number of likely N-dealkylation sites (tertiary alicyclic amines) is 1. The van der Waals surface area contributed by atoms with Gasteiger partial charge < -0.3 is 14.1 Å². The largest absolute Gasteiger partial charge is 0.490 e. The van der Waals surface area contributed by atoms with Crippen LogP contribution >= 0.6 is 0 Å². The van der Waals surface area contributed by atoms with Gasteiger partial charge in [0.05, 0.1) is 7.11 Å². The quantitative estimate of drug-likeness (QED) is 0.830. The Labute approximate surface area is 117 Å². The van der Waals surface area contributed by atoms with Crippen molar-refractivity contribution in [2.75, 3.05) is 13.7 Å². The van der Waals surface area contributed by atoms with E-state index in [0.29, 0.717) is 12.0 Å². The average molecular weight is 277 g/mol. The number of piperidine rings is 1. The van der Waals surface area contributed by atoms with E-state index in [9.17, 15) is 9.59 Å². The van der Waals surface area contributed by atoms with E-state index in [-0.39, 0.29) is 22.8 Å². The van der Waals surface area contributed by atoms with Crippen molar-refractivity contribution in [3.63, 3.8) is 0 Å². The molecule has 2 atom stereocenters. The van der Waals surface area contributed by atoms with Crippen LogP contribution in [0.4, 0.5) is 0 Å². The van der Waals surface area contributed by atoms with Crippen LogP contribution in [0.15, 0.2) is 21.5 Å². The first-order chi connectivity index (χ1) is 9.70. The lowest BCUT2D eigenvalue weighted by Gasteiger charge is -2.37. The molecule has 1 saturated heterocycles. The predicted molar refractivity (Wildman–Crippen MR) is 72.9 cm³/mol.